The summed E-state index contributed by atoms with van der Waals surface area (Å²) >= 11 is 3.53. The van der Waals surface area contributed by atoms with Gasteiger partial charge >= 0.3 is 0 Å². The van der Waals surface area contributed by atoms with Crippen LogP contribution in [0.25, 0.3) is 0 Å². The van der Waals surface area contributed by atoms with Gasteiger partial charge in [-0.25, -0.2) is 0 Å². The molecule has 0 aliphatic heterocycles. The molecular weight excluding hydrogens is 326 g/mol. The molecule has 1 N–H and O–H groups in total. The summed E-state index contributed by atoms with van der Waals surface area (Å²) in [4.78, 5) is 0. The first kappa shape index (κ1) is 16.4. The van der Waals surface area contributed by atoms with Crippen molar-refractivity contribution < 1.29 is 4.74 Å². The van der Waals surface area contributed by atoms with Crippen LogP contribution in [0, 0.1) is 18.3 Å². The Bertz CT molecular complexity index is 494. The Kier molecular flexibility index (Phi) is 6.60. The lowest BCUT2D eigenvalue weighted by atomic mass is 9.83. The van der Waals surface area contributed by atoms with E-state index in [1.807, 2.05) is 12.1 Å². The normalized spacial score (nSPS) is 21.8. The van der Waals surface area contributed by atoms with Gasteiger partial charge in [-0.15, -0.1) is 6.42 Å². The van der Waals surface area contributed by atoms with E-state index in [9.17, 15) is 0 Å². The van der Waals surface area contributed by atoms with Gasteiger partial charge in [0.1, 0.15) is 12.4 Å². The first-order valence-corrected chi connectivity index (χ1v) is 8.62. The molecule has 0 saturated heterocycles. The van der Waals surface area contributed by atoms with Gasteiger partial charge in [0.2, 0.25) is 0 Å². The topological polar surface area (TPSA) is 21.3 Å². The fourth-order valence-corrected chi connectivity index (χ4v) is 3.56. The zero-order valence-corrected chi connectivity index (χ0v) is 14.3. The number of rotatable bonds is 6. The third-order valence-electron chi connectivity index (χ3n) is 4.32. The number of terminal acetylenes is 1. The van der Waals surface area contributed by atoms with Gasteiger partial charge in [0, 0.05) is 22.6 Å². The van der Waals surface area contributed by atoms with E-state index in [4.69, 9.17) is 11.2 Å². The van der Waals surface area contributed by atoms with Crippen molar-refractivity contribution in [1.29, 1.82) is 0 Å². The van der Waals surface area contributed by atoms with Gasteiger partial charge < -0.3 is 10.1 Å². The molecule has 2 nitrogen and oxygen atoms in total. The maximum absolute atomic E-state index is 5.64. The molecule has 1 aromatic carbocycles. The maximum Gasteiger partial charge on any atom is 0.148 e. The van der Waals surface area contributed by atoms with Crippen LogP contribution in [-0.2, 0) is 6.54 Å². The molecule has 0 radical (unpaired) electrons. The van der Waals surface area contributed by atoms with Crippen molar-refractivity contribution >= 4 is 15.9 Å². The lowest BCUT2D eigenvalue weighted by molar-refractivity contribution is 0.253. The second kappa shape index (κ2) is 8.46. The van der Waals surface area contributed by atoms with Crippen molar-refractivity contribution in [3.05, 3.63) is 28.2 Å². The molecule has 0 heterocycles. The minimum atomic E-state index is 0.315. The fraction of sp³-hybridized carbons (Fsp3) is 0.556. The highest BCUT2D eigenvalue weighted by atomic mass is 79.9. The molecule has 2 rings (SSSR count). The van der Waals surface area contributed by atoms with Gasteiger partial charge in [-0.2, -0.15) is 0 Å². The zero-order valence-electron chi connectivity index (χ0n) is 12.7. The van der Waals surface area contributed by atoms with Gasteiger partial charge in [0.05, 0.1) is 0 Å². The van der Waals surface area contributed by atoms with Gasteiger partial charge in [0.25, 0.3) is 0 Å². The van der Waals surface area contributed by atoms with E-state index in [-0.39, 0.29) is 0 Å². The molecule has 1 fully saturated rings. The van der Waals surface area contributed by atoms with Crippen LogP contribution in [0.4, 0.5) is 0 Å². The van der Waals surface area contributed by atoms with E-state index in [1.165, 1.54) is 37.7 Å². The number of hydrogen-bond acceptors (Lipinski definition) is 2. The average Bonchev–Trinajstić information content (AvgIpc) is 2.52. The van der Waals surface area contributed by atoms with Crippen molar-refractivity contribution in [3.63, 3.8) is 0 Å². The SMILES string of the molecule is C#CCOc1ccc(Br)cc1CNC1CCCCC1CC. The molecule has 2 atom stereocenters. The molecular formula is C18H24BrNO. The van der Waals surface area contributed by atoms with E-state index in [0.717, 1.165) is 22.7 Å². The molecule has 1 aliphatic carbocycles. The number of ether oxygens (including phenoxy) is 1. The molecule has 21 heavy (non-hydrogen) atoms. The van der Waals surface area contributed by atoms with Gasteiger partial charge in [-0.3, -0.25) is 0 Å². The Labute approximate surface area is 136 Å². The first-order chi connectivity index (χ1) is 10.2. The third kappa shape index (κ3) is 4.76. The van der Waals surface area contributed by atoms with Gasteiger partial charge in [0.15, 0.2) is 0 Å². The number of hydrogen-bond donors (Lipinski definition) is 1. The van der Waals surface area contributed by atoms with E-state index in [0.29, 0.717) is 12.6 Å². The smallest absolute Gasteiger partial charge is 0.148 e. The Morgan fingerprint density at radius 3 is 2.95 bits per heavy atom. The molecule has 0 bridgehead atoms. The molecule has 114 valence electrons. The van der Waals surface area contributed by atoms with Crippen LogP contribution in [0.15, 0.2) is 22.7 Å². The summed E-state index contributed by atoms with van der Waals surface area (Å²) in [5.41, 5.74) is 1.17. The van der Waals surface area contributed by atoms with E-state index < -0.39 is 0 Å². The monoisotopic (exact) mass is 349 g/mol. The van der Waals surface area contributed by atoms with E-state index >= 15 is 0 Å². The Balaban J connectivity index is 2.01. The van der Waals surface area contributed by atoms with Crippen LogP contribution in [0.2, 0.25) is 0 Å². The Morgan fingerprint density at radius 1 is 1.38 bits per heavy atom. The Morgan fingerprint density at radius 2 is 2.19 bits per heavy atom. The van der Waals surface area contributed by atoms with Gasteiger partial charge in [-0.05, 0) is 37.0 Å². The number of benzene rings is 1. The summed E-state index contributed by atoms with van der Waals surface area (Å²) in [6.07, 6.45) is 11.9. The predicted octanol–water partition coefficient (Wildman–Crippen LogP) is 4.52. The number of nitrogens with one attached hydrogen (secondary N) is 1. The Hall–Kier alpha value is -0.980. The van der Waals surface area contributed by atoms with Crippen molar-refractivity contribution in [3.8, 4) is 18.1 Å². The van der Waals surface area contributed by atoms with Gasteiger partial charge in [-0.1, -0.05) is 48.0 Å². The maximum atomic E-state index is 5.64. The first-order valence-electron chi connectivity index (χ1n) is 7.82. The molecule has 3 heteroatoms. The summed E-state index contributed by atoms with van der Waals surface area (Å²) in [5.74, 6) is 4.21. The van der Waals surface area contributed by atoms with Crippen molar-refractivity contribution in [2.75, 3.05) is 6.61 Å². The summed E-state index contributed by atoms with van der Waals surface area (Å²) < 4.78 is 6.71. The van der Waals surface area contributed by atoms with Crippen molar-refractivity contribution in [1.82, 2.24) is 5.32 Å². The van der Waals surface area contributed by atoms with Crippen LogP contribution in [0.3, 0.4) is 0 Å². The second-order valence-electron chi connectivity index (χ2n) is 5.69. The van der Waals surface area contributed by atoms with E-state index in [2.05, 4.69) is 40.2 Å². The van der Waals surface area contributed by atoms with Crippen LogP contribution in [0.1, 0.15) is 44.6 Å². The van der Waals surface area contributed by atoms with E-state index in [1.54, 1.807) is 0 Å². The third-order valence-corrected chi connectivity index (χ3v) is 4.81. The largest absolute Gasteiger partial charge is 0.481 e. The highest BCUT2D eigenvalue weighted by Gasteiger charge is 2.23. The van der Waals surface area contributed by atoms with Crippen LogP contribution in [-0.4, -0.2) is 12.6 Å². The average molecular weight is 350 g/mol. The quantitative estimate of drug-likeness (QED) is 0.762. The van der Waals surface area contributed by atoms with Crippen molar-refractivity contribution in [2.24, 2.45) is 5.92 Å². The summed E-state index contributed by atoms with van der Waals surface area (Å²) in [6.45, 7) is 3.45. The molecule has 0 amide bonds. The number of halogens is 1. The van der Waals surface area contributed by atoms with Crippen molar-refractivity contribution in [2.45, 2.75) is 51.6 Å². The lowest BCUT2D eigenvalue weighted by Gasteiger charge is -2.32. The highest BCUT2D eigenvalue weighted by molar-refractivity contribution is 9.10. The molecule has 0 aromatic heterocycles. The standard InChI is InChI=1S/C18H24BrNO/c1-3-11-21-18-10-9-16(19)12-15(18)13-20-17-8-6-5-7-14(17)4-2/h1,9-10,12,14,17,20H,4-8,11,13H2,2H3. The summed E-state index contributed by atoms with van der Waals surface area (Å²) in [5, 5.41) is 3.73. The summed E-state index contributed by atoms with van der Waals surface area (Å²) in [7, 11) is 0. The highest BCUT2D eigenvalue weighted by Crippen LogP contribution is 2.28. The molecule has 1 aromatic rings. The molecule has 0 spiro atoms. The second-order valence-corrected chi connectivity index (χ2v) is 6.60. The lowest BCUT2D eigenvalue weighted by Crippen LogP contribution is -2.37. The van der Waals surface area contributed by atoms with Crippen LogP contribution < -0.4 is 10.1 Å². The fourth-order valence-electron chi connectivity index (χ4n) is 3.15. The molecule has 1 saturated carbocycles. The minimum Gasteiger partial charge on any atom is -0.481 e. The van der Waals surface area contributed by atoms with Crippen LogP contribution >= 0.6 is 15.9 Å². The molecule has 2 unspecified atom stereocenters. The zero-order chi connectivity index (χ0) is 15.1. The van der Waals surface area contributed by atoms with Crippen LogP contribution in [0.5, 0.6) is 5.75 Å². The summed E-state index contributed by atoms with van der Waals surface area (Å²) in [6, 6.07) is 6.72. The molecule has 1 aliphatic rings. The predicted molar refractivity (Wildman–Crippen MR) is 91.3 cm³/mol. The minimum absolute atomic E-state index is 0.315.